The largest absolute Gasteiger partial charge is 0.359 e. The summed E-state index contributed by atoms with van der Waals surface area (Å²) in [5, 5.41) is 10.0. The smallest absolute Gasteiger partial charge is 0.271 e. The molecule has 2 atom stereocenters. The van der Waals surface area contributed by atoms with Gasteiger partial charge in [-0.2, -0.15) is 5.10 Å². The van der Waals surface area contributed by atoms with Crippen molar-refractivity contribution in [3.63, 3.8) is 0 Å². The maximum absolute atomic E-state index is 13.3. The second-order valence-corrected chi connectivity index (χ2v) is 7.71. The zero-order valence-electron chi connectivity index (χ0n) is 16.6. The number of nitrogens with one attached hydrogen (secondary N) is 3. The highest BCUT2D eigenvalue weighted by Crippen LogP contribution is 2.33. The molecule has 1 aliphatic carbocycles. The van der Waals surface area contributed by atoms with Gasteiger partial charge in [-0.3, -0.25) is 19.8 Å². The van der Waals surface area contributed by atoms with Crippen molar-refractivity contribution in [2.24, 2.45) is 11.0 Å². The second-order valence-electron chi connectivity index (χ2n) is 7.27. The van der Waals surface area contributed by atoms with E-state index in [-0.39, 0.29) is 23.6 Å². The predicted octanol–water partition coefficient (Wildman–Crippen LogP) is 1.76. The molecule has 1 aliphatic heterocycles. The van der Waals surface area contributed by atoms with Gasteiger partial charge in [0.05, 0.1) is 5.69 Å². The highest BCUT2D eigenvalue weighted by Gasteiger charge is 2.54. The van der Waals surface area contributed by atoms with Gasteiger partial charge < -0.3 is 15.5 Å². The maximum Gasteiger partial charge on any atom is 0.271 e. The SMILES string of the molecule is CNC(=O)[C@@H]1/C(=N\Nc2ccc(Cl)cc2)C(=O)N(C2CCCCC2)[C@@H]1C(=O)NC. The molecule has 156 valence electrons. The Morgan fingerprint density at radius 2 is 1.66 bits per heavy atom. The van der Waals surface area contributed by atoms with Gasteiger partial charge in [0, 0.05) is 25.2 Å². The molecular formula is C20H26ClN5O3. The summed E-state index contributed by atoms with van der Waals surface area (Å²) < 4.78 is 0. The van der Waals surface area contributed by atoms with E-state index in [0.29, 0.717) is 10.7 Å². The number of anilines is 1. The van der Waals surface area contributed by atoms with Crippen LogP contribution in [0.3, 0.4) is 0 Å². The molecule has 1 saturated carbocycles. The zero-order chi connectivity index (χ0) is 21.0. The van der Waals surface area contributed by atoms with Crippen molar-refractivity contribution in [2.45, 2.75) is 44.2 Å². The number of hydrogen-bond acceptors (Lipinski definition) is 5. The van der Waals surface area contributed by atoms with Gasteiger partial charge in [0.1, 0.15) is 17.7 Å². The fraction of sp³-hybridized carbons (Fsp3) is 0.500. The van der Waals surface area contributed by atoms with Crippen molar-refractivity contribution in [3.8, 4) is 0 Å². The van der Waals surface area contributed by atoms with Gasteiger partial charge in [-0.1, -0.05) is 30.9 Å². The molecular weight excluding hydrogens is 394 g/mol. The third-order valence-corrected chi connectivity index (χ3v) is 5.78. The summed E-state index contributed by atoms with van der Waals surface area (Å²) in [6.45, 7) is 0. The first-order valence-corrected chi connectivity index (χ1v) is 10.2. The molecule has 3 amide bonds. The van der Waals surface area contributed by atoms with Gasteiger partial charge in [-0.25, -0.2) is 0 Å². The van der Waals surface area contributed by atoms with Crippen molar-refractivity contribution < 1.29 is 14.4 Å². The molecule has 0 bridgehead atoms. The van der Waals surface area contributed by atoms with E-state index < -0.39 is 17.9 Å². The van der Waals surface area contributed by atoms with E-state index in [2.05, 4.69) is 21.2 Å². The molecule has 0 aromatic heterocycles. The van der Waals surface area contributed by atoms with Crippen LogP contribution >= 0.6 is 11.6 Å². The fourth-order valence-electron chi connectivity index (χ4n) is 4.07. The summed E-state index contributed by atoms with van der Waals surface area (Å²) in [5.74, 6) is -2.15. The van der Waals surface area contributed by atoms with Crippen molar-refractivity contribution >= 4 is 40.7 Å². The molecule has 2 aliphatic rings. The summed E-state index contributed by atoms with van der Waals surface area (Å²) in [6, 6.07) is 5.83. The number of hydrogen-bond donors (Lipinski definition) is 3. The Morgan fingerprint density at radius 3 is 2.24 bits per heavy atom. The number of rotatable bonds is 5. The van der Waals surface area contributed by atoms with E-state index in [1.54, 1.807) is 29.2 Å². The summed E-state index contributed by atoms with van der Waals surface area (Å²) in [5.41, 5.74) is 3.49. The predicted molar refractivity (Wildman–Crippen MR) is 112 cm³/mol. The fourth-order valence-corrected chi connectivity index (χ4v) is 4.20. The van der Waals surface area contributed by atoms with E-state index in [9.17, 15) is 14.4 Å². The lowest BCUT2D eigenvalue weighted by Gasteiger charge is -2.35. The Bertz CT molecular complexity index is 805. The summed E-state index contributed by atoms with van der Waals surface area (Å²) in [6.07, 6.45) is 4.74. The van der Waals surface area contributed by atoms with E-state index in [0.717, 1.165) is 32.1 Å². The van der Waals surface area contributed by atoms with Crippen LogP contribution in [0, 0.1) is 5.92 Å². The summed E-state index contributed by atoms with van der Waals surface area (Å²) in [7, 11) is 3.00. The van der Waals surface area contributed by atoms with E-state index in [4.69, 9.17) is 11.6 Å². The minimum absolute atomic E-state index is 0.0403. The molecule has 0 radical (unpaired) electrons. The monoisotopic (exact) mass is 419 g/mol. The van der Waals surface area contributed by atoms with Crippen molar-refractivity contribution in [2.75, 3.05) is 19.5 Å². The minimum Gasteiger partial charge on any atom is -0.359 e. The lowest BCUT2D eigenvalue weighted by Crippen LogP contribution is -2.53. The van der Waals surface area contributed by atoms with E-state index in [1.165, 1.54) is 14.1 Å². The molecule has 8 nitrogen and oxygen atoms in total. The van der Waals surface area contributed by atoms with Crippen LogP contribution in [-0.4, -0.2) is 54.5 Å². The third-order valence-electron chi connectivity index (χ3n) is 5.53. The Kier molecular flexibility index (Phi) is 6.74. The molecule has 0 spiro atoms. The average Bonchev–Trinajstić information content (AvgIpc) is 3.05. The van der Waals surface area contributed by atoms with Crippen LogP contribution in [0.2, 0.25) is 5.02 Å². The Morgan fingerprint density at radius 1 is 1.03 bits per heavy atom. The van der Waals surface area contributed by atoms with Crippen LogP contribution in [0.25, 0.3) is 0 Å². The molecule has 1 heterocycles. The maximum atomic E-state index is 13.3. The first-order chi connectivity index (χ1) is 14.0. The summed E-state index contributed by atoms with van der Waals surface area (Å²) in [4.78, 5) is 40.3. The molecule has 3 rings (SSSR count). The Labute approximate surface area is 175 Å². The molecule has 1 saturated heterocycles. The second kappa shape index (κ2) is 9.26. The number of nitrogens with zero attached hydrogens (tertiary/aromatic N) is 2. The van der Waals surface area contributed by atoms with Gasteiger partial charge in [0.25, 0.3) is 5.91 Å². The zero-order valence-corrected chi connectivity index (χ0v) is 17.3. The number of likely N-dealkylation sites (tertiary alicyclic amines) is 1. The third kappa shape index (κ3) is 4.37. The molecule has 9 heteroatoms. The summed E-state index contributed by atoms with van der Waals surface area (Å²) >= 11 is 5.90. The van der Waals surface area contributed by atoms with E-state index in [1.807, 2.05) is 0 Å². The Hall–Kier alpha value is -2.61. The topological polar surface area (TPSA) is 103 Å². The molecule has 0 unspecified atom stereocenters. The average molecular weight is 420 g/mol. The standard InChI is InChI=1S/C20H26ClN5O3/c1-22-18(27)15-16(25-24-13-10-8-12(21)9-11-13)20(29)26(17(15)19(28)23-2)14-6-4-3-5-7-14/h8-11,14-15,17,24H,3-7H2,1-2H3,(H,22,27)(H,23,28)/b25-16+/t15-,17+/m1/s1. The highest BCUT2D eigenvalue weighted by molar-refractivity contribution is 6.46. The quantitative estimate of drug-likeness (QED) is 0.632. The van der Waals surface area contributed by atoms with Gasteiger partial charge in [0.2, 0.25) is 11.8 Å². The Balaban J connectivity index is 1.98. The van der Waals surface area contributed by atoms with Gasteiger partial charge in [-0.05, 0) is 37.1 Å². The normalized spacial score (nSPS) is 23.9. The van der Waals surface area contributed by atoms with E-state index >= 15 is 0 Å². The van der Waals surface area contributed by atoms with Crippen LogP contribution in [0.1, 0.15) is 32.1 Å². The number of halogens is 1. The lowest BCUT2D eigenvalue weighted by atomic mass is 9.92. The number of amides is 3. The van der Waals surface area contributed by atoms with Gasteiger partial charge in [-0.15, -0.1) is 0 Å². The number of benzene rings is 1. The van der Waals surface area contributed by atoms with Gasteiger partial charge >= 0.3 is 0 Å². The number of carbonyl (C=O) groups is 3. The molecule has 1 aromatic rings. The number of hydrazone groups is 1. The minimum atomic E-state index is -0.992. The number of likely N-dealkylation sites (N-methyl/N-ethyl adjacent to an activating group) is 1. The first kappa shape index (κ1) is 21.1. The van der Waals surface area contributed by atoms with Crippen LogP contribution in [0.15, 0.2) is 29.4 Å². The first-order valence-electron chi connectivity index (χ1n) is 9.83. The molecule has 29 heavy (non-hydrogen) atoms. The van der Waals surface area contributed by atoms with Crippen molar-refractivity contribution in [1.82, 2.24) is 15.5 Å². The van der Waals surface area contributed by atoms with Gasteiger partial charge in [0.15, 0.2) is 0 Å². The lowest BCUT2D eigenvalue weighted by molar-refractivity contribution is -0.139. The molecule has 1 aromatic carbocycles. The van der Waals surface area contributed by atoms with Crippen LogP contribution in [-0.2, 0) is 14.4 Å². The molecule has 2 fully saturated rings. The van der Waals surface area contributed by atoms with Crippen molar-refractivity contribution in [1.29, 1.82) is 0 Å². The highest BCUT2D eigenvalue weighted by atomic mass is 35.5. The van der Waals surface area contributed by atoms with Crippen molar-refractivity contribution in [3.05, 3.63) is 29.3 Å². The number of carbonyl (C=O) groups excluding carboxylic acids is 3. The molecule has 3 N–H and O–H groups in total. The van der Waals surface area contributed by atoms with Crippen LogP contribution < -0.4 is 16.1 Å². The van der Waals surface area contributed by atoms with Crippen LogP contribution in [0.4, 0.5) is 5.69 Å². The van der Waals surface area contributed by atoms with Crippen LogP contribution in [0.5, 0.6) is 0 Å².